The highest BCUT2D eigenvalue weighted by molar-refractivity contribution is 6.08. The second kappa shape index (κ2) is 5.56. The zero-order valence-electron chi connectivity index (χ0n) is 10.6. The smallest absolute Gasteiger partial charge is 0.337 e. The lowest BCUT2D eigenvalue weighted by Crippen LogP contribution is -2.15. The molecule has 0 saturated carbocycles. The van der Waals surface area contributed by atoms with Crippen molar-refractivity contribution >= 4 is 17.6 Å². The molecule has 2 rings (SSSR count). The number of hydrogen-bond donors (Lipinski definition) is 2. The molecule has 0 aliphatic rings. The van der Waals surface area contributed by atoms with Crippen molar-refractivity contribution in [3.8, 4) is 0 Å². The summed E-state index contributed by atoms with van der Waals surface area (Å²) in [7, 11) is 0. The van der Waals surface area contributed by atoms with E-state index in [4.69, 9.17) is 9.52 Å². The maximum absolute atomic E-state index is 13.2. The molecule has 5 nitrogen and oxygen atoms in total. The monoisotopic (exact) mass is 277 g/mol. The molecule has 0 saturated heterocycles. The van der Waals surface area contributed by atoms with Crippen molar-refractivity contribution in [2.24, 2.45) is 0 Å². The van der Waals surface area contributed by atoms with Crippen LogP contribution < -0.4 is 5.32 Å². The van der Waals surface area contributed by atoms with Gasteiger partial charge in [-0.2, -0.15) is 0 Å². The van der Waals surface area contributed by atoms with Gasteiger partial charge < -0.3 is 14.8 Å². The third kappa shape index (κ3) is 2.69. The van der Waals surface area contributed by atoms with Crippen molar-refractivity contribution in [1.82, 2.24) is 0 Å². The summed E-state index contributed by atoms with van der Waals surface area (Å²) in [5.41, 5.74) is 0.0279. The molecule has 0 radical (unpaired) electrons. The van der Waals surface area contributed by atoms with Gasteiger partial charge in [0.15, 0.2) is 0 Å². The Labute approximate surface area is 114 Å². The first-order valence-corrected chi connectivity index (χ1v) is 5.93. The first kappa shape index (κ1) is 13.8. The van der Waals surface area contributed by atoms with E-state index in [9.17, 15) is 14.0 Å². The third-order valence-corrected chi connectivity index (χ3v) is 2.77. The molecule has 0 aliphatic carbocycles. The van der Waals surface area contributed by atoms with Crippen LogP contribution in [0.4, 0.5) is 10.1 Å². The molecule has 0 aliphatic heterocycles. The van der Waals surface area contributed by atoms with Crippen molar-refractivity contribution in [3.63, 3.8) is 0 Å². The van der Waals surface area contributed by atoms with Gasteiger partial charge in [-0.3, -0.25) is 4.79 Å². The fourth-order valence-corrected chi connectivity index (χ4v) is 1.81. The number of amides is 1. The van der Waals surface area contributed by atoms with Crippen molar-refractivity contribution in [2.45, 2.75) is 13.3 Å². The summed E-state index contributed by atoms with van der Waals surface area (Å²) in [6.45, 7) is 1.82. The standard InChI is InChI=1S/C14H12FNO4/c1-2-12-10(5-6-20-12)13(17)16-11-7-8(15)3-4-9(11)14(18)19/h3-7H,2H2,1H3,(H,16,17)(H,18,19). The van der Waals surface area contributed by atoms with E-state index >= 15 is 0 Å². The highest BCUT2D eigenvalue weighted by Crippen LogP contribution is 2.20. The van der Waals surface area contributed by atoms with Crippen LogP contribution in [0.1, 0.15) is 33.4 Å². The van der Waals surface area contributed by atoms with Crippen molar-refractivity contribution in [2.75, 3.05) is 5.32 Å². The summed E-state index contributed by atoms with van der Waals surface area (Å²) in [5, 5.41) is 11.4. The summed E-state index contributed by atoms with van der Waals surface area (Å²) in [5.74, 6) is -1.93. The first-order chi connectivity index (χ1) is 9.52. The van der Waals surface area contributed by atoms with Gasteiger partial charge >= 0.3 is 5.97 Å². The normalized spacial score (nSPS) is 10.3. The lowest BCUT2D eigenvalue weighted by atomic mass is 10.1. The molecule has 0 unspecified atom stereocenters. The van der Waals surface area contributed by atoms with Crippen LogP contribution in [0.15, 0.2) is 34.9 Å². The molecule has 104 valence electrons. The van der Waals surface area contributed by atoms with Gasteiger partial charge in [0.05, 0.1) is 23.1 Å². The number of halogens is 1. The van der Waals surface area contributed by atoms with Gasteiger partial charge in [-0.15, -0.1) is 0 Å². The van der Waals surface area contributed by atoms with E-state index in [1.807, 2.05) is 6.92 Å². The largest absolute Gasteiger partial charge is 0.478 e. The highest BCUT2D eigenvalue weighted by Gasteiger charge is 2.17. The third-order valence-electron chi connectivity index (χ3n) is 2.77. The lowest BCUT2D eigenvalue weighted by Gasteiger charge is -2.08. The minimum Gasteiger partial charge on any atom is -0.478 e. The van der Waals surface area contributed by atoms with E-state index < -0.39 is 17.7 Å². The summed E-state index contributed by atoms with van der Waals surface area (Å²) < 4.78 is 18.3. The Kier molecular flexibility index (Phi) is 3.84. The number of carbonyl (C=O) groups is 2. The molecule has 1 amide bonds. The minimum atomic E-state index is -1.25. The maximum atomic E-state index is 13.2. The topological polar surface area (TPSA) is 79.5 Å². The molecule has 6 heteroatoms. The number of aromatic carboxylic acids is 1. The Morgan fingerprint density at radius 1 is 1.30 bits per heavy atom. The predicted octanol–water partition coefficient (Wildman–Crippen LogP) is 2.93. The van der Waals surface area contributed by atoms with E-state index in [0.29, 0.717) is 17.7 Å². The molecule has 0 atom stereocenters. The minimum absolute atomic E-state index is 0.0919. The number of carboxylic acid groups (broad SMARTS) is 1. The van der Waals surface area contributed by atoms with Crippen molar-refractivity contribution in [3.05, 3.63) is 53.2 Å². The SMILES string of the molecule is CCc1occc1C(=O)Nc1cc(F)ccc1C(=O)O. The van der Waals surface area contributed by atoms with Gasteiger partial charge in [-0.1, -0.05) is 6.92 Å². The molecular formula is C14H12FNO4. The van der Waals surface area contributed by atoms with E-state index in [1.165, 1.54) is 12.3 Å². The number of carboxylic acids is 1. The van der Waals surface area contributed by atoms with Crippen LogP contribution in [0.25, 0.3) is 0 Å². The summed E-state index contributed by atoms with van der Waals surface area (Å²) in [6.07, 6.45) is 1.89. The Hall–Kier alpha value is -2.63. The molecule has 0 spiro atoms. The number of benzene rings is 1. The Morgan fingerprint density at radius 2 is 2.05 bits per heavy atom. The average Bonchev–Trinajstić information content (AvgIpc) is 2.86. The molecule has 0 fully saturated rings. The molecule has 1 aromatic heterocycles. The van der Waals surface area contributed by atoms with Crippen LogP contribution in [-0.2, 0) is 6.42 Å². The summed E-state index contributed by atoms with van der Waals surface area (Å²) in [4.78, 5) is 23.1. The molecule has 2 N–H and O–H groups in total. The van der Waals surface area contributed by atoms with Crippen LogP contribution in [0.5, 0.6) is 0 Å². The van der Waals surface area contributed by atoms with E-state index in [0.717, 1.165) is 18.2 Å². The molecular weight excluding hydrogens is 265 g/mol. The Balaban J connectivity index is 2.32. The maximum Gasteiger partial charge on any atom is 0.337 e. The highest BCUT2D eigenvalue weighted by atomic mass is 19.1. The summed E-state index contributed by atoms with van der Waals surface area (Å²) in [6, 6.07) is 4.57. The number of nitrogens with one attached hydrogen (secondary N) is 1. The fourth-order valence-electron chi connectivity index (χ4n) is 1.81. The van der Waals surface area contributed by atoms with Crippen molar-refractivity contribution in [1.29, 1.82) is 0 Å². The number of anilines is 1. The number of hydrogen-bond acceptors (Lipinski definition) is 3. The first-order valence-electron chi connectivity index (χ1n) is 5.93. The summed E-state index contributed by atoms with van der Waals surface area (Å²) >= 11 is 0. The molecule has 1 heterocycles. The molecule has 20 heavy (non-hydrogen) atoms. The van der Waals surface area contributed by atoms with Gasteiger partial charge in [0, 0.05) is 6.42 Å². The Morgan fingerprint density at radius 3 is 2.70 bits per heavy atom. The predicted molar refractivity (Wildman–Crippen MR) is 69.4 cm³/mol. The number of carbonyl (C=O) groups excluding carboxylic acids is 1. The van der Waals surface area contributed by atoms with Gasteiger partial charge in [-0.25, -0.2) is 9.18 Å². The van der Waals surface area contributed by atoms with Crippen LogP contribution in [0, 0.1) is 5.82 Å². The van der Waals surface area contributed by atoms with Crippen LogP contribution in [-0.4, -0.2) is 17.0 Å². The number of furan rings is 1. The number of aryl methyl sites for hydroxylation is 1. The Bertz CT molecular complexity index is 663. The van der Waals surface area contributed by atoms with Gasteiger partial charge in [0.25, 0.3) is 5.91 Å². The van der Waals surface area contributed by atoms with E-state index in [2.05, 4.69) is 5.32 Å². The molecule has 1 aromatic carbocycles. The van der Waals surface area contributed by atoms with E-state index in [-0.39, 0.29) is 11.3 Å². The van der Waals surface area contributed by atoms with Crippen LogP contribution >= 0.6 is 0 Å². The molecule has 0 bridgehead atoms. The second-order valence-electron chi connectivity index (χ2n) is 4.06. The molecule has 2 aromatic rings. The lowest BCUT2D eigenvalue weighted by molar-refractivity contribution is 0.0698. The van der Waals surface area contributed by atoms with Gasteiger partial charge in [0.2, 0.25) is 0 Å². The quantitative estimate of drug-likeness (QED) is 0.900. The van der Waals surface area contributed by atoms with E-state index in [1.54, 1.807) is 0 Å². The van der Waals surface area contributed by atoms with Crippen molar-refractivity contribution < 1.29 is 23.5 Å². The average molecular weight is 277 g/mol. The van der Waals surface area contributed by atoms with Gasteiger partial charge in [-0.05, 0) is 24.3 Å². The number of rotatable bonds is 4. The fraction of sp³-hybridized carbons (Fsp3) is 0.143. The second-order valence-corrected chi connectivity index (χ2v) is 4.06. The zero-order chi connectivity index (χ0) is 14.7. The van der Waals surface area contributed by atoms with Gasteiger partial charge in [0.1, 0.15) is 11.6 Å². The van der Waals surface area contributed by atoms with Crippen LogP contribution in [0.3, 0.4) is 0 Å². The van der Waals surface area contributed by atoms with Crippen LogP contribution in [0.2, 0.25) is 0 Å². The zero-order valence-corrected chi connectivity index (χ0v) is 10.6.